The minimum atomic E-state index is -0.752. The van der Waals surface area contributed by atoms with E-state index in [-0.39, 0.29) is 12.0 Å². The molecule has 1 unspecified atom stereocenters. The summed E-state index contributed by atoms with van der Waals surface area (Å²) in [4.78, 5) is 10.7. The predicted molar refractivity (Wildman–Crippen MR) is 134 cm³/mol. The van der Waals surface area contributed by atoms with Crippen molar-refractivity contribution in [3.63, 3.8) is 0 Å². The van der Waals surface area contributed by atoms with E-state index in [4.69, 9.17) is 16.3 Å². The van der Waals surface area contributed by atoms with Crippen LogP contribution in [0.25, 0.3) is 10.9 Å². The van der Waals surface area contributed by atoms with Gasteiger partial charge in [-0.3, -0.25) is 14.9 Å². The summed E-state index contributed by atoms with van der Waals surface area (Å²) in [6.07, 6.45) is 7.28. The molecule has 4 rings (SSSR count). The fraction of sp³-hybridized carbons (Fsp3) is 0.407. The molecule has 2 aromatic heterocycles. The Bertz CT molecular complexity index is 1170. The van der Waals surface area contributed by atoms with E-state index < -0.39 is 6.10 Å². The van der Waals surface area contributed by atoms with E-state index in [0.29, 0.717) is 35.7 Å². The number of fused-ring (bicyclic) bond motifs is 1. The van der Waals surface area contributed by atoms with Crippen LogP contribution in [0.1, 0.15) is 42.9 Å². The van der Waals surface area contributed by atoms with E-state index in [1.807, 2.05) is 30.3 Å². The van der Waals surface area contributed by atoms with E-state index >= 15 is 0 Å². The number of ether oxygens (including phenoxy) is 1. The first-order valence-electron chi connectivity index (χ1n) is 11.6. The maximum absolute atomic E-state index is 11.1. The van der Waals surface area contributed by atoms with Crippen molar-refractivity contribution in [3.8, 4) is 17.6 Å². The van der Waals surface area contributed by atoms with Crippen LogP contribution >= 0.6 is 11.6 Å². The number of aliphatic hydroxyl groups is 2. The number of methoxy groups -OCH3 is 1. The van der Waals surface area contributed by atoms with Crippen molar-refractivity contribution in [1.29, 1.82) is 0 Å². The van der Waals surface area contributed by atoms with Crippen LogP contribution in [0.15, 0.2) is 48.9 Å². The number of likely N-dealkylation sites (tertiary alicyclic amines) is 1. The topological polar surface area (TPSA) is 78.7 Å². The number of aliphatic hydroxyl groups excluding tert-OH is 2. The second-order valence-corrected chi connectivity index (χ2v) is 9.34. The van der Waals surface area contributed by atoms with Crippen molar-refractivity contribution in [2.75, 3.05) is 33.4 Å². The number of pyridine rings is 2. The van der Waals surface area contributed by atoms with Crippen LogP contribution in [0, 0.1) is 17.3 Å². The molecule has 0 radical (unpaired) electrons. The maximum atomic E-state index is 11.1. The highest BCUT2D eigenvalue weighted by Gasteiger charge is 2.34. The molecule has 0 amide bonds. The molecule has 1 aliphatic heterocycles. The molecule has 6 nitrogen and oxygen atoms in total. The highest BCUT2D eigenvalue weighted by Crippen LogP contribution is 2.40. The first kappa shape index (κ1) is 24.4. The van der Waals surface area contributed by atoms with Gasteiger partial charge in [-0.15, -0.1) is 0 Å². The Morgan fingerprint density at radius 2 is 1.97 bits per heavy atom. The highest BCUT2D eigenvalue weighted by atomic mass is 35.5. The van der Waals surface area contributed by atoms with Crippen molar-refractivity contribution in [2.45, 2.75) is 31.8 Å². The molecule has 1 aliphatic rings. The summed E-state index contributed by atoms with van der Waals surface area (Å²) in [5.74, 6) is 7.10. The summed E-state index contributed by atoms with van der Waals surface area (Å²) >= 11 is 6.46. The molecule has 1 atom stereocenters. The number of hydrogen-bond donors (Lipinski definition) is 2. The van der Waals surface area contributed by atoms with Gasteiger partial charge < -0.3 is 14.9 Å². The molecule has 0 spiro atoms. The fourth-order valence-electron chi connectivity index (χ4n) is 4.58. The summed E-state index contributed by atoms with van der Waals surface area (Å²) in [5, 5.41) is 22.6. The quantitative estimate of drug-likeness (QED) is 0.494. The molecular weight excluding hydrogens is 450 g/mol. The molecule has 3 aromatic rings. The number of rotatable bonds is 7. The number of nitrogens with zero attached hydrogens (tertiary/aromatic N) is 3. The first-order chi connectivity index (χ1) is 16.5. The third kappa shape index (κ3) is 5.68. The van der Waals surface area contributed by atoms with Crippen molar-refractivity contribution in [2.24, 2.45) is 5.41 Å². The standard InChI is InChI=1S/C27H30ClN3O3/c1-34-21-4-5-24-22(17-21)26(23(28)18-30-24)25(33)6-9-27(19-32)10-15-31(16-11-27)14-2-3-20-7-12-29-13-8-20/h4-5,7-8,12-13,17-18,25,32-33H,6,9-11,14-16,19H2,1H3. The van der Waals surface area contributed by atoms with E-state index in [1.54, 1.807) is 25.7 Å². The Kier molecular flexibility index (Phi) is 8.02. The van der Waals surface area contributed by atoms with Gasteiger partial charge in [0.2, 0.25) is 0 Å². The van der Waals surface area contributed by atoms with Gasteiger partial charge >= 0.3 is 0 Å². The van der Waals surface area contributed by atoms with E-state index in [2.05, 4.69) is 26.7 Å². The van der Waals surface area contributed by atoms with Crippen molar-refractivity contribution >= 4 is 22.5 Å². The fourth-order valence-corrected chi connectivity index (χ4v) is 4.86. The van der Waals surface area contributed by atoms with Gasteiger partial charge in [0.1, 0.15) is 5.75 Å². The van der Waals surface area contributed by atoms with E-state index in [0.717, 1.165) is 42.4 Å². The molecule has 2 N–H and O–H groups in total. The summed E-state index contributed by atoms with van der Waals surface area (Å²) in [5.41, 5.74) is 2.19. The van der Waals surface area contributed by atoms with Gasteiger partial charge in [-0.1, -0.05) is 23.4 Å². The van der Waals surface area contributed by atoms with Gasteiger partial charge in [-0.05, 0) is 74.5 Å². The van der Waals surface area contributed by atoms with Crippen LogP contribution in [0.4, 0.5) is 0 Å². The number of hydrogen-bond acceptors (Lipinski definition) is 6. The van der Waals surface area contributed by atoms with Crippen LogP contribution in [-0.4, -0.2) is 58.4 Å². The van der Waals surface area contributed by atoms with Gasteiger partial charge in [0.05, 0.1) is 30.3 Å². The monoisotopic (exact) mass is 479 g/mol. The van der Waals surface area contributed by atoms with Gasteiger partial charge in [0, 0.05) is 41.7 Å². The van der Waals surface area contributed by atoms with Crippen molar-refractivity contribution in [1.82, 2.24) is 14.9 Å². The van der Waals surface area contributed by atoms with Crippen LogP contribution in [0.5, 0.6) is 5.75 Å². The Labute approximate surface area is 205 Å². The average molecular weight is 480 g/mol. The number of halogens is 1. The average Bonchev–Trinajstić information content (AvgIpc) is 2.88. The molecule has 1 saturated heterocycles. The molecule has 3 heterocycles. The number of aromatic nitrogens is 2. The zero-order chi connectivity index (χ0) is 24.0. The second-order valence-electron chi connectivity index (χ2n) is 8.93. The van der Waals surface area contributed by atoms with Gasteiger partial charge in [-0.25, -0.2) is 0 Å². The molecule has 34 heavy (non-hydrogen) atoms. The molecule has 0 bridgehead atoms. The molecule has 1 fully saturated rings. The molecular formula is C27H30ClN3O3. The number of piperidine rings is 1. The Balaban J connectivity index is 1.38. The zero-order valence-corrected chi connectivity index (χ0v) is 20.1. The Morgan fingerprint density at radius 1 is 1.21 bits per heavy atom. The lowest BCUT2D eigenvalue weighted by Crippen LogP contribution is -2.42. The lowest BCUT2D eigenvalue weighted by atomic mass is 9.74. The summed E-state index contributed by atoms with van der Waals surface area (Å²) in [6, 6.07) is 9.37. The molecule has 178 valence electrons. The zero-order valence-electron chi connectivity index (χ0n) is 19.4. The molecule has 1 aromatic carbocycles. The van der Waals surface area contributed by atoms with Crippen molar-refractivity contribution in [3.05, 3.63) is 65.1 Å². The second kappa shape index (κ2) is 11.2. The molecule has 0 aliphatic carbocycles. The van der Waals surface area contributed by atoms with E-state index in [9.17, 15) is 10.2 Å². The third-order valence-electron chi connectivity index (χ3n) is 6.82. The van der Waals surface area contributed by atoms with Gasteiger partial charge in [-0.2, -0.15) is 0 Å². The predicted octanol–water partition coefficient (Wildman–Crippen LogP) is 4.23. The highest BCUT2D eigenvalue weighted by molar-refractivity contribution is 6.32. The van der Waals surface area contributed by atoms with Gasteiger partial charge in [0.15, 0.2) is 0 Å². The summed E-state index contributed by atoms with van der Waals surface area (Å²) in [7, 11) is 1.61. The first-order valence-corrected chi connectivity index (χ1v) is 11.9. The SMILES string of the molecule is COc1ccc2ncc(Cl)c(C(O)CCC3(CO)CCN(CC#Cc4ccncc4)CC3)c2c1. The van der Waals surface area contributed by atoms with Crippen LogP contribution in [0.3, 0.4) is 0 Å². The lowest BCUT2D eigenvalue weighted by Gasteiger charge is -2.40. The minimum Gasteiger partial charge on any atom is -0.497 e. The number of benzene rings is 1. The van der Waals surface area contributed by atoms with Crippen LogP contribution < -0.4 is 4.74 Å². The Morgan fingerprint density at radius 3 is 2.68 bits per heavy atom. The van der Waals surface area contributed by atoms with Crippen LogP contribution in [-0.2, 0) is 0 Å². The Hall–Kier alpha value is -2.69. The minimum absolute atomic E-state index is 0.106. The third-order valence-corrected chi connectivity index (χ3v) is 7.12. The smallest absolute Gasteiger partial charge is 0.119 e. The maximum Gasteiger partial charge on any atom is 0.119 e. The largest absolute Gasteiger partial charge is 0.497 e. The molecule has 0 saturated carbocycles. The molecule has 7 heteroatoms. The van der Waals surface area contributed by atoms with Crippen LogP contribution in [0.2, 0.25) is 5.02 Å². The summed E-state index contributed by atoms with van der Waals surface area (Å²) in [6.45, 7) is 2.55. The normalized spacial score (nSPS) is 16.6. The van der Waals surface area contributed by atoms with Crippen molar-refractivity contribution < 1.29 is 14.9 Å². The van der Waals surface area contributed by atoms with E-state index in [1.165, 1.54) is 0 Å². The van der Waals surface area contributed by atoms with Gasteiger partial charge in [0.25, 0.3) is 0 Å². The lowest BCUT2D eigenvalue weighted by molar-refractivity contribution is 0.0273. The summed E-state index contributed by atoms with van der Waals surface area (Å²) < 4.78 is 5.35.